The van der Waals surface area contributed by atoms with Gasteiger partial charge in [0, 0.05) is 12.4 Å². The number of carbonyl (C=O) groups excluding carboxylic acids is 3. The van der Waals surface area contributed by atoms with E-state index >= 15 is 0 Å². The Morgan fingerprint density at radius 2 is 1.92 bits per heavy atom. The number of anilines is 1. The third-order valence-corrected chi connectivity index (χ3v) is 3.53. The number of hydrogen-bond acceptors (Lipinski definition) is 5. The van der Waals surface area contributed by atoms with Crippen LogP contribution in [0.4, 0.5) is 14.9 Å². The molecule has 0 radical (unpaired) electrons. The lowest BCUT2D eigenvalue weighted by atomic mass is 10.1. The molecule has 0 aliphatic carbocycles. The Morgan fingerprint density at radius 3 is 2.64 bits per heavy atom. The Balaban J connectivity index is 1.82. The van der Waals surface area contributed by atoms with Crippen LogP contribution in [0.25, 0.3) is 0 Å². The van der Waals surface area contributed by atoms with Crippen molar-refractivity contribution in [2.45, 2.75) is 6.54 Å². The van der Waals surface area contributed by atoms with Crippen molar-refractivity contribution in [3.8, 4) is 0 Å². The zero-order valence-corrected chi connectivity index (χ0v) is 12.9. The molecule has 2 heterocycles. The minimum absolute atomic E-state index is 0.172. The number of urea groups is 1. The van der Waals surface area contributed by atoms with Crippen LogP contribution < -0.4 is 10.2 Å². The summed E-state index contributed by atoms with van der Waals surface area (Å²) in [6.07, 6.45) is 2.74. The van der Waals surface area contributed by atoms with E-state index in [1.807, 2.05) is 5.32 Å². The maximum absolute atomic E-state index is 13.9. The maximum atomic E-state index is 13.9. The molecule has 0 unspecified atom stereocenters. The molecule has 1 atom stereocenters. The van der Waals surface area contributed by atoms with Crippen molar-refractivity contribution in [2.75, 3.05) is 4.90 Å². The van der Waals surface area contributed by atoms with Crippen molar-refractivity contribution < 1.29 is 18.8 Å². The van der Waals surface area contributed by atoms with Gasteiger partial charge in [-0.1, -0.05) is 18.2 Å². The predicted molar refractivity (Wildman–Crippen MR) is 87.3 cm³/mol. The van der Waals surface area contributed by atoms with Crippen molar-refractivity contribution in [1.82, 2.24) is 10.3 Å². The normalized spacial score (nSPS) is 17.9. The van der Waals surface area contributed by atoms with E-state index in [0.29, 0.717) is 10.6 Å². The number of rotatable bonds is 4. The SMILES string of the molecule is O=C1NC(=O)N(c2ccccc2F)C(=O)[C@H]1C=NCc1ccccn1. The third-order valence-electron chi connectivity index (χ3n) is 3.53. The molecule has 126 valence electrons. The number of aromatic nitrogens is 1. The zero-order valence-electron chi connectivity index (χ0n) is 12.9. The molecule has 25 heavy (non-hydrogen) atoms. The van der Waals surface area contributed by atoms with Crippen molar-refractivity contribution in [2.24, 2.45) is 10.9 Å². The van der Waals surface area contributed by atoms with E-state index in [1.165, 1.54) is 18.2 Å². The van der Waals surface area contributed by atoms with Crippen molar-refractivity contribution in [3.63, 3.8) is 0 Å². The van der Waals surface area contributed by atoms with Gasteiger partial charge in [-0.3, -0.25) is 24.9 Å². The number of imide groups is 2. The number of hydrogen-bond donors (Lipinski definition) is 1. The van der Waals surface area contributed by atoms with Crippen molar-refractivity contribution in [1.29, 1.82) is 0 Å². The fourth-order valence-corrected chi connectivity index (χ4v) is 2.33. The van der Waals surface area contributed by atoms with Gasteiger partial charge in [0.1, 0.15) is 5.82 Å². The summed E-state index contributed by atoms with van der Waals surface area (Å²) in [5, 5.41) is 2.04. The monoisotopic (exact) mass is 340 g/mol. The van der Waals surface area contributed by atoms with E-state index in [1.54, 1.807) is 24.4 Å². The molecule has 4 amide bonds. The van der Waals surface area contributed by atoms with Crippen LogP contribution in [0.3, 0.4) is 0 Å². The van der Waals surface area contributed by atoms with Crippen LogP contribution in [0, 0.1) is 11.7 Å². The molecule has 1 aromatic heterocycles. The highest BCUT2D eigenvalue weighted by atomic mass is 19.1. The standard InChI is InChI=1S/C17H13FN4O3/c18-13-6-1-2-7-14(13)22-16(24)12(15(23)21-17(22)25)10-19-9-11-5-3-4-8-20-11/h1-8,10,12H,9H2,(H,21,23,25)/t12-/m0/s1. The Morgan fingerprint density at radius 1 is 1.16 bits per heavy atom. The van der Waals surface area contributed by atoms with Crippen molar-refractivity contribution in [3.05, 3.63) is 60.2 Å². The second-order valence-corrected chi connectivity index (χ2v) is 5.21. The first-order valence-corrected chi connectivity index (χ1v) is 7.41. The fourth-order valence-electron chi connectivity index (χ4n) is 2.33. The molecule has 3 rings (SSSR count). The van der Waals surface area contributed by atoms with Gasteiger partial charge in [0.2, 0.25) is 5.91 Å². The molecular weight excluding hydrogens is 327 g/mol. The van der Waals surface area contributed by atoms with E-state index in [-0.39, 0.29) is 12.2 Å². The topological polar surface area (TPSA) is 91.7 Å². The molecule has 1 fully saturated rings. The van der Waals surface area contributed by atoms with Gasteiger partial charge in [0.15, 0.2) is 5.92 Å². The number of carbonyl (C=O) groups is 3. The van der Waals surface area contributed by atoms with E-state index < -0.39 is 29.6 Å². The molecule has 0 bridgehead atoms. The van der Waals surface area contributed by atoms with Gasteiger partial charge in [-0.25, -0.2) is 14.1 Å². The van der Waals surface area contributed by atoms with Crippen LogP contribution in [0.15, 0.2) is 53.7 Å². The third kappa shape index (κ3) is 3.42. The molecule has 1 aliphatic heterocycles. The highest BCUT2D eigenvalue weighted by Gasteiger charge is 2.41. The van der Waals surface area contributed by atoms with Gasteiger partial charge in [-0.05, 0) is 24.3 Å². The second kappa shape index (κ2) is 7.00. The molecule has 2 aromatic rings. The van der Waals surface area contributed by atoms with Crippen LogP contribution in [0.1, 0.15) is 5.69 Å². The van der Waals surface area contributed by atoms with Gasteiger partial charge in [0.25, 0.3) is 5.91 Å². The summed E-state index contributed by atoms with van der Waals surface area (Å²) < 4.78 is 13.9. The summed E-state index contributed by atoms with van der Waals surface area (Å²) in [6, 6.07) is 9.62. The summed E-state index contributed by atoms with van der Waals surface area (Å²) in [5.74, 6) is -3.72. The molecular formula is C17H13FN4O3. The largest absolute Gasteiger partial charge is 0.335 e. The number of para-hydroxylation sites is 1. The van der Waals surface area contributed by atoms with Gasteiger partial charge in [-0.2, -0.15) is 0 Å². The Labute approximate surface area is 142 Å². The lowest BCUT2D eigenvalue weighted by Crippen LogP contribution is -2.58. The Bertz CT molecular complexity index is 854. The number of nitrogens with one attached hydrogen (secondary N) is 1. The molecule has 0 saturated carbocycles. The van der Waals surface area contributed by atoms with Crippen LogP contribution in [-0.4, -0.2) is 29.0 Å². The van der Waals surface area contributed by atoms with Crippen LogP contribution >= 0.6 is 0 Å². The zero-order chi connectivity index (χ0) is 17.8. The minimum Gasteiger partial charge on any atom is -0.290 e. The lowest BCUT2D eigenvalue weighted by molar-refractivity contribution is -0.131. The minimum atomic E-state index is -1.32. The van der Waals surface area contributed by atoms with Crippen molar-refractivity contribution >= 4 is 29.7 Å². The van der Waals surface area contributed by atoms with E-state index in [4.69, 9.17) is 0 Å². The number of aliphatic imine (C=N–C) groups is 1. The number of benzene rings is 1. The molecule has 1 saturated heterocycles. The second-order valence-electron chi connectivity index (χ2n) is 5.21. The first kappa shape index (κ1) is 16.4. The van der Waals surface area contributed by atoms with Crippen LogP contribution in [0.2, 0.25) is 0 Å². The maximum Gasteiger partial charge on any atom is 0.335 e. The highest BCUT2D eigenvalue weighted by molar-refractivity contribution is 6.32. The summed E-state index contributed by atoms with van der Waals surface area (Å²) in [4.78, 5) is 45.1. The van der Waals surface area contributed by atoms with Gasteiger partial charge >= 0.3 is 6.03 Å². The molecule has 0 spiro atoms. The molecule has 1 N–H and O–H groups in total. The van der Waals surface area contributed by atoms with Gasteiger partial charge < -0.3 is 0 Å². The van der Waals surface area contributed by atoms with E-state index in [2.05, 4.69) is 9.98 Å². The quantitative estimate of drug-likeness (QED) is 0.677. The van der Waals surface area contributed by atoms with Gasteiger partial charge in [0.05, 0.1) is 17.9 Å². The molecule has 7 nitrogen and oxygen atoms in total. The van der Waals surface area contributed by atoms with Crippen LogP contribution in [-0.2, 0) is 16.1 Å². The summed E-state index contributed by atoms with van der Waals surface area (Å²) in [7, 11) is 0. The summed E-state index contributed by atoms with van der Waals surface area (Å²) in [6.45, 7) is 0.172. The predicted octanol–water partition coefficient (Wildman–Crippen LogP) is 1.69. The highest BCUT2D eigenvalue weighted by Crippen LogP contribution is 2.23. The first-order chi connectivity index (χ1) is 12.1. The Kier molecular flexibility index (Phi) is 4.60. The average molecular weight is 340 g/mol. The summed E-state index contributed by atoms with van der Waals surface area (Å²) in [5.41, 5.74) is 0.435. The number of barbiturate groups is 1. The Hall–Kier alpha value is -3.42. The molecule has 1 aromatic carbocycles. The average Bonchev–Trinajstić information content (AvgIpc) is 2.60. The number of nitrogens with zero attached hydrogens (tertiary/aromatic N) is 3. The number of halogens is 1. The van der Waals surface area contributed by atoms with Crippen LogP contribution in [0.5, 0.6) is 0 Å². The molecule has 8 heteroatoms. The molecule has 1 aliphatic rings. The lowest BCUT2D eigenvalue weighted by Gasteiger charge is -2.28. The van der Waals surface area contributed by atoms with Gasteiger partial charge in [-0.15, -0.1) is 0 Å². The first-order valence-electron chi connectivity index (χ1n) is 7.41. The number of pyridine rings is 1. The fraction of sp³-hybridized carbons (Fsp3) is 0.118. The summed E-state index contributed by atoms with van der Waals surface area (Å²) >= 11 is 0. The smallest absolute Gasteiger partial charge is 0.290 e. The van der Waals surface area contributed by atoms with E-state index in [9.17, 15) is 18.8 Å². The van der Waals surface area contributed by atoms with E-state index in [0.717, 1.165) is 12.3 Å². The number of amides is 4.